The number of carbonyl (C=O) groups is 2. The fourth-order valence-corrected chi connectivity index (χ4v) is 9.46. The Kier molecular flexibility index (Phi) is 55.0. The third kappa shape index (κ3) is 52.0. The van der Waals surface area contributed by atoms with E-state index < -0.39 is 12.1 Å². The summed E-state index contributed by atoms with van der Waals surface area (Å²) in [6.07, 6.45) is 66.6. The van der Waals surface area contributed by atoms with E-state index in [1.54, 1.807) is 0 Å². The van der Waals surface area contributed by atoms with Crippen LogP contribution < -0.4 is 5.32 Å². The molecule has 0 saturated heterocycles. The van der Waals surface area contributed by atoms with Gasteiger partial charge in [-0.25, -0.2) is 0 Å². The molecule has 0 bridgehead atoms. The summed E-state index contributed by atoms with van der Waals surface area (Å²) < 4.78 is 5.47. The van der Waals surface area contributed by atoms with Crippen LogP contribution in [-0.2, 0) is 14.3 Å². The molecular formula is C60H117NO5. The van der Waals surface area contributed by atoms with Gasteiger partial charge < -0.3 is 20.3 Å². The first-order valence-electron chi connectivity index (χ1n) is 29.9. The molecule has 2 unspecified atom stereocenters. The smallest absolute Gasteiger partial charge is 0.305 e. The quantitative estimate of drug-likeness (QED) is 0.0321. The van der Waals surface area contributed by atoms with Gasteiger partial charge in [-0.3, -0.25) is 9.59 Å². The summed E-state index contributed by atoms with van der Waals surface area (Å²) in [5.74, 6) is -0.0244. The Hall–Kier alpha value is -1.40. The molecule has 0 saturated carbocycles. The number of hydrogen-bond donors (Lipinski definition) is 3. The summed E-state index contributed by atoms with van der Waals surface area (Å²) in [7, 11) is 0. The zero-order valence-corrected chi connectivity index (χ0v) is 44.7. The fraction of sp³-hybridized carbons (Fsp3) is 0.933. The van der Waals surface area contributed by atoms with E-state index >= 15 is 0 Å². The van der Waals surface area contributed by atoms with Gasteiger partial charge >= 0.3 is 5.97 Å². The van der Waals surface area contributed by atoms with Gasteiger partial charge in [0, 0.05) is 12.8 Å². The SMILES string of the molecule is CCCCC/C=C\CCCCCCCC(=O)OCCCCCCCCCCCCCCCCCCCCCCCCCCCCCC(=O)NC(CO)C(O)CCCCCCCCCCCC. The Labute approximate surface area is 412 Å². The van der Waals surface area contributed by atoms with E-state index in [9.17, 15) is 19.8 Å². The van der Waals surface area contributed by atoms with Crippen LogP contribution in [0.3, 0.4) is 0 Å². The van der Waals surface area contributed by atoms with Crippen molar-refractivity contribution in [1.82, 2.24) is 5.32 Å². The molecular weight excluding hydrogens is 815 g/mol. The molecule has 0 heterocycles. The first kappa shape index (κ1) is 64.6. The average molecular weight is 933 g/mol. The van der Waals surface area contributed by atoms with Gasteiger partial charge in [-0.15, -0.1) is 0 Å². The standard InChI is InChI=1S/C60H117NO5/c1-3-5-7-9-11-13-15-34-38-42-46-50-54-60(65)66-55-51-47-43-39-35-32-30-28-26-24-22-20-18-16-17-19-21-23-25-27-29-31-33-37-41-45-49-53-59(64)61-57(56-62)58(63)52-48-44-40-36-14-12-10-8-6-4-2/h11,13,57-58,62-63H,3-10,12,14-56H2,1-2H3,(H,61,64)/b13-11-. The predicted molar refractivity (Wildman–Crippen MR) is 287 cm³/mol. The zero-order valence-electron chi connectivity index (χ0n) is 44.7. The topological polar surface area (TPSA) is 95.9 Å². The molecule has 3 N–H and O–H groups in total. The first-order valence-corrected chi connectivity index (χ1v) is 29.9. The minimum absolute atomic E-state index is 0.00818. The van der Waals surface area contributed by atoms with Crippen molar-refractivity contribution in [1.29, 1.82) is 0 Å². The molecule has 66 heavy (non-hydrogen) atoms. The molecule has 0 aliphatic carbocycles. The second kappa shape index (κ2) is 56.2. The van der Waals surface area contributed by atoms with Crippen molar-refractivity contribution in [2.24, 2.45) is 0 Å². The lowest BCUT2D eigenvalue weighted by molar-refractivity contribution is -0.143. The lowest BCUT2D eigenvalue weighted by Crippen LogP contribution is -2.45. The normalized spacial score (nSPS) is 12.6. The number of rotatable bonds is 56. The summed E-state index contributed by atoms with van der Waals surface area (Å²) in [5.41, 5.74) is 0. The van der Waals surface area contributed by atoms with Crippen molar-refractivity contribution in [3.05, 3.63) is 12.2 Å². The highest BCUT2D eigenvalue weighted by atomic mass is 16.5. The largest absolute Gasteiger partial charge is 0.466 e. The van der Waals surface area contributed by atoms with Gasteiger partial charge in [0.05, 0.1) is 25.4 Å². The monoisotopic (exact) mass is 932 g/mol. The Morgan fingerprint density at radius 1 is 0.409 bits per heavy atom. The summed E-state index contributed by atoms with van der Waals surface area (Å²) in [6, 6.07) is -0.536. The van der Waals surface area contributed by atoms with Crippen LogP contribution in [0.4, 0.5) is 0 Å². The number of esters is 1. The molecule has 0 fully saturated rings. The third-order valence-electron chi connectivity index (χ3n) is 14.1. The summed E-state index contributed by atoms with van der Waals surface area (Å²) in [6.45, 7) is 4.93. The number of carbonyl (C=O) groups excluding carboxylic acids is 2. The van der Waals surface area contributed by atoms with Gasteiger partial charge in [0.1, 0.15) is 0 Å². The maximum atomic E-state index is 12.4. The van der Waals surface area contributed by atoms with E-state index in [1.807, 2.05) is 0 Å². The van der Waals surface area contributed by atoms with Crippen LogP contribution in [0.1, 0.15) is 335 Å². The number of aliphatic hydroxyl groups is 2. The highest BCUT2D eigenvalue weighted by molar-refractivity contribution is 5.76. The lowest BCUT2D eigenvalue weighted by atomic mass is 10.0. The van der Waals surface area contributed by atoms with Crippen molar-refractivity contribution in [2.45, 2.75) is 347 Å². The maximum absolute atomic E-state index is 12.4. The van der Waals surface area contributed by atoms with Crippen molar-refractivity contribution in [3.8, 4) is 0 Å². The number of nitrogens with one attached hydrogen (secondary N) is 1. The number of ether oxygens (including phenoxy) is 1. The minimum atomic E-state index is -0.659. The number of unbranched alkanes of at least 4 members (excludes halogenated alkanes) is 43. The Bertz CT molecular complexity index is 986. The molecule has 0 aromatic rings. The Balaban J connectivity index is 3.32. The Morgan fingerprint density at radius 2 is 0.712 bits per heavy atom. The van der Waals surface area contributed by atoms with Crippen LogP contribution in [0, 0.1) is 0 Å². The molecule has 392 valence electrons. The van der Waals surface area contributed by atoms with Gasteiger partial charge in [0.2, 0.25) is 5.91 Å². The Morgan fingerprint density at radius 3 is 1.11 bits per heavy atom. The van der Waals surface area contributed by atoms with Crippen LogP contribution in [0.5, 0.6) is 0 Å². The summed E-state index contributed by atoms with van der Waals surface area (Å²) >= 11 is 0. The molecule has 0 aliphatic rings. The van der Waals surface area contributed by atoms with Crippen molar-refractivity contribution >= 4 is 11.9 Å². The van der Waals surface area contributed by atoms with Crippen LogP contribution in [-0.4, -0.2) is 47.4 Å². The van der Waals surface area contributed by atoms with E-state index in [-0.39, 0.29) is 18.5 Å². The molecule has 0 aromatic carbocycles. The molecule has 6 heteroatoms. The fourth-order valence-electron chi connectivity index (χ4n) is 9.46. The average Bonchev–Trinajstić information content (AvgIpc) is 3.32. The van der Waals surface area contributed by atoms with Gasteiger partial charge in [0.25, 0.3) is 0 Å². The van der Waals surface area contributed by atoms with E-state index in [0.717, 1.165) is 44.9 Å². The minimum Gasteiger partial charge on any atom is -0.466 e. The highest BCUT2D eigenvalue weighted by Crippen LogP contribution is 2.18. The summed E-state index contributed by atoms with van der Waals surface area (Å²) in [4.78, 5) is 24.4. The van der Waals surface area contributed by atoms with E-state index in [1.165, 1.54) is 257 Å². The zero-order chi connectivity index (χ0) is 47.9. The number of amides is 1. The first-order chi connectivity index (χ1) is 32.5. The molecule has 0 radical (unpaired) electrons. The van der Waals surface area contributed by atoms with Crippen molar-refractivity contribution < 1.29 is 24.5 Å². The molecule has 0 spiro atoms. The number of aliphatic hydroxyl groups excluding tert-OH is 2. The second-order valence-corrected chi connectivity index (χ2v) is 20.7. The van der Waals surface area contributed by atoms with E-state index in [4.69, 9.17) is 4.74 Å². The molecule has 1 amide bonds. The van der Waals surface area contributed by atoms with Crippen molar-refractivity contribution in [2.75, 3.05) is 13.2 Å². The van der Waals surface area contributed by atoms with Crippen LogP contribution >= 0.6 is 0 Å². The van der Waals surface area contributed by atoms with E-state index in [0.29, 0.717) is 25.9 Å². The molecule has 2 atom stereocenters. The predicted octanol–water partition coefficient (Wildman–Crippen LogP) is 18.5. The lowest BCUT2D eigenvalue weighted by Gasteiger charge is -2.22. The highest BCUT2D eigenvalue weighted by Gasteiger charge is 2.20. The summed E-state index contributed by atoms with van der Waals surface area (Å²) in [5, 5.41) is 23.2. The molecule has 0 aromatic heterocycles. The van der Waals surface area contributed by atoms with Gasteiger partial charge in [0.15, 0.2) is 0 Å². The molecule has 6 nitrogen and oxygen atoms in total. The van der Waals surface area contributed by atoms with E-state index in [2.05, 4.69) is 31.3 Å². The van der Waals surface area contributed by atoms with Crippen LogP contribution in [0.2, 0.25) is 0 Å². The second-order valence-electron chi connectivity index (χ2n) is 20.7. The van der Waals surface area contributed by atoms with Crippen LogP contribution in [0.15, 0.2) is 12.2 Å². The molecule has 0 aliphatic heterocycles. The number of allylic oxidation sites excluding steroid dienone is 2. The maximum Gasteiger partial charge on any atom is 0.305 e. The van der Waals surface area contributed by atoms with Crippen molar-refractivity contribution in [3.63, 3.8) is 0 Å². The molecule has 0 rings (SSSR count). The van der Waals surface area contributed by atoms with Crippen LogP contribution in [0.25, 0.3) is 0 Å². The van der Waals surface area contributed by atoms with Gasteiger partial charge in [-0.05, 0) is 51.4 Å². The third-order valence-corrected chi connectivity index (χ3v) is 14.1. The van der Waals surface area contributed by atoms with Gasteiger partial charge in [-0.1, -0.05) is 283 Å². The van der Waals surface area contributed by atoms with Gasteiger partial charge in [-0.2, -0.15) is 0 Å². The number of hydrogen-bond acceptors (Lipinski definition) is 5.